The molecule has 100 valence electrons. The van der Waals surface area contributed by atoms with Crippen LogP contribution in [-0.2, 0) is 10.2 Å². The molecule has 0 aliphatic carbocycles. The lowest BCUT2D eigenvalue weighted by Crippen LogP contribution is -2.58. The highest BCUT2D eigenvalue weighted by Crippen LogP contribution is 2.20. The largest absolute Gasteiger partial charge is 0.472 e. The van der Waals surface area contributed by atoms with Crippen LogP contribution in [0, 0.1) is 6.92 Å². The summed E-state index contributed by atoms with van der Waals surface area (Å²) in [5.74, 6) is 0.543. The van der Waals surface area contributed by atoms with Gasteiger partial charge in [-0.2, -0.15) is 17.0 Å². The summed E-state index contributed by atoms with van der Waals surface area (Å²) in [4.78, 5) is 4.22. The highest BCUT2D eigenvalue weighted by Gasteiger charge is 2.38. The highest BCUT2D eigenvalue weighted by molar-refractivity contribution is 7.86. The molecule has 1 aromatic heterocycles. The van der Waals surface area contributed by atoms with Gasteiger partial charge < -0.3 is 4.74 Å². The standard InChI is InChI=1S/C11H17N3O3S/c1-9-5-4-6-11(12-9)17-10-7-14(8-10)18(15,16)13(2)3/h4-6,10H,7-8H2,1-3H3. The fourth-order valence-electron chi connectivity index (χ4n) is 1.65. The molecule has 1 aliphatic rings. The third-order valence-corrected chi connectivity index (χ3v) is 4.63. The van der Waals surface area contributed by atoms with Crippen molar-refractivity contribution in [3.63, 3.8) is 0 Å². The SMILES string of the molecule is Cc1cccc(OC2CN(S(=O)(=O)N(C)C)C2)n1. The van der Waals surface area contributed by atoms with Gasteiger partial charge >= 0.3 is 0 Å². The number of nitrogens with zero attached hydrogens (tertiary/aromatic N) is 3. The van der Waals surface area contributed by atoms with E-state index in [4.69, 9.17) is 4.74 Å². The first-order chi connectivity index (χ1) is 8.39. The second-order valence-electron chi connectivity index (χ2n) is 4.46. The maximum Gasteiger partial charge on any atom is 0.281 e. The van der Waals surface area contributed by atoms with Crippen molar-refractivity contribution in [1.82, 2.24) is 13.6 Å². The summed E-state index contributed by atoms with van der Waals surface area (Å²) >= 11 is 0. The van der Waals surface area contributed by atoms with E-state index in [1.807, 2.05) is 19.1 Å². The van der Waals surface area contributed by atoms with Crippen LogP contribution in [-0.4, -0.2) is 55.3 Å². The quantitative estimate of drug-likeness (QED) is 0.788. The molecule has 1 aromatic rings. The number of rotatable bonds is 4. The van der Waals surface area contributed by atoms with Crippen molar-refractivity contribution in [3.8, 4) is 5.88 Å². The van der Waals surface area contributed by atoms with Crippen LogP contribution in [0.25, 0.3) is 0 Å². The Morgan fingerprint density at radius 1 is 1.39 bits per heavy atom. The fraction of sp³-hybridized carbons (Fsp3) is 0.545. The third kappa shape index (κ3) is 2.63. The zero-order valence-corrected chi connectivity index (χ0v) is 11.5. The molecule has 0 radical (unpaired) electrons. The number of pyridine rings is 1. The van der Waals surface area contributed by atoms with Gasteiger partial charge in [-0.25, -0.2) is 4.98 Å². The molecule has 2 rings (SSSR count). The average molecular weight is 271 g/mol. The van der Waals surface area contributed by atoms with Crippen LogP contribution in [0.3, 0.4) is 0 Å². The van der Waals surface area contributed by atoms with Crippen LogP contribution in [0.4, 0.5) is 0 Å². The lowest BCUT2D eigenvalue weighted by atomic mass is 10.2. The van der Waals surface area contributed by atoms with Crippen molar-refractivity contribution in [2.24, 2.45) is 0 Å². The van der Waals surface area contributed by atoms with Gasteiger partial charge in [0.2, 0.25) is 5.88 Å². The van der Waals surface area contributed by atoms with Crippen LogP contribution in [0.15, 0.2) is 18.2 Å². The molecule has 0 saturated carbocycles. The smallest absolute Gasteiger partial charge is 0.281 e. The van der Waals surface area contributed by atoms with Crippen LogP contribution in [0.5, 0.6) is 5.88 Å². The number of aromatic nitrogens is 1. The predicted octanol–water partition coefficient (Wildman–Crippen LogP) is 0.259. The Bertz CT molecular complexity index is 524. The summed E-state index contributed by atoms with van der Waals surface area (Å²) in [6, 6.07) is 5.53. The Hall–Kier alpha value is -1.18. The molecule has 7 heteroatoms. The van der Waals surface area contributed by atoms with Gasteiger partial charge in [-0.05, 0) is 13.0 Å². The molecule has 0 spiro atoms. The van der Waals surface area contributed by atoms with E-state index < -0.39 is 10.2 Å². The first-order valence-electron chi connectivity index (χ1n) is 5.67. The Balaban J connectivity index is 1.91. The van der Waals surface area contributed by atoms with Crippen LogP contribution < -0.4 is 4.74 Å². The summed E-state index contributed by atoms with van der Waals surface area (Å²) < 4.78 is 31.7. The number of ether oxygens (including phenoxy) is 1. The van der Waals surface area contributed by atoms with E-state index in [0.29, 0.717) is 19.0 Å². The van der Waals surface area contributed by atoms with Gasteiger partial charge in [-0.3, -0.25) is 0 Å². The van der Waals surface area contributed by atoms with Gasteiger partial charge in [0.25, 0.3) is 10.2 Å². The van der Waals surface area contributed by atoms with Gasteiger partial charge in [0.05, 0.1) is 13.1 Å². The van der Waals surface area contributed by atoms with E-state index >= 15 is 0 Å². The van der Waals surface area contributed by atoms with Gasteiger partial charge in [0.1, 0.15) is 6.10 Å². The minimum atomic E-state index is -3.31. The molecule has 0 N–H and O–H groups in total. The molecular formula is C11H17N3O3S. The second-order valence-corrected chi connectivity index (χ2v) is 6.61. The summed E-state index contributed by atoms with van der Waals surface area (Å²) in [6.45, 7) is 2.63. The molecule has 0 aromatic carbocycles. The summed E-state index contributed by atoms with van der Waals surface area (Å²) in [7, 11) is -0.268. The molecule has 0 amide bonds. The average Bonchev–Trinajstić information content (AvgIpc) is 2.22. The lowest BCUT2D eigenvalue weighted by molar-refractivity contribution is 0.0686. The number of hydrogen-bond donors (Lipinski definition) is 0. The Morgan fingerprint density at radius 2 is 2.06 bits per heavy atom. The van der Waals surface area contributed by atoms with E-state index in [0.717, 1.165) is 5.69 Å². The van der Waals surface area contributed by atoms with Gasteiger partial charge in [-0.15, -0.1) is 0 Å². The van der Waals surface area contributed by atoms with Crippen molar-refractivity contribution in [3.05, 3.63) is 23.9 Å². The van der Waals surface area contributed by atoms with Crippen molar-refractivity contribution in [2.45, 2.75) is 13.0 Å². The molecule has 2 heterocycles. The molecule has 18 heavy (non-hydrogen) atoms. The maximum atomic E-state index is 11.7. The van der Waals surface area contributed by atoms with E-state index in [-0.39, 0.29) is 6.10 Å². The van der Waals surface area contributed by atoms with Crippen LogP contribution in [0.1, 0.15) is 5.69 Å². The van der Waals surface area contributed by atoms with Crippen molar-refractivity contribution < 1.29 is 13.2 Å². The van der Waals surface area contributed by atoms with E-state index in [1.54, 1.807) is 6.07 Å². The first kappa shape index (κ1) is 13.3. The van der Waals surface area contributed by atoms with Crippen molar-refractivity contribution in [2.75, 3.05) is 27.2 Å². The molecular weight excluding hydrogens is 254 g/mol. The molecule has 0 atom stereocenters. The van der Waals surface area contributed by atoms with E-state index in [1.165, 1.54) is 22.7 Å². The van der Waals surface area contributed by atoms with Gasteiger partial charge in [0.15, 0.2) is 0 Å². The second kappa shape index (κ2) is 4.83. The normalized spacial score (nSPS) is 17.8. The molecule has 0 unspecified atom stereocenters. The Kier molecular flexibility index (Phi) is 3.56. The number of aryl methyl sites for hydroxylation is 1. The van der Waals surface area contributed by atoms with Crippen molar-refractivity contribution in [1.29, 1.82) is 0 Å². The molecule has 6 nitrogen and oxygen atoms in total. The minimum absolute atomic E-state index is 0.117. The molecule has 1 aliphatic heterocycles. The topological polar surface area (TPSA) is 62.7 Å². The Morgan fingerprint density at radius 3 is 2.61 bits per heavy atom. The molecule has 1 saturated heterocycles. The molecule has 1 fully saturated rings. The van der Waals surface area contributed by atoms with Crippen LogP contribution in [0.2, 0.25) is 0 Å². The maximum absolute atomic E-state index is 11.7. The fourth-order valence-corrected chi connectivity index (χ4v) is 2.82. The monoisotopic (exact) mass is 271 g/mol. The van der Waals surface area contributed by atoms with E-state index in [9.17, 15) is 8.42 Å². The highest BCUT2D eigenvalue weighted by atomic mass is 32.2. The third-order valence-electron chi connectivity index (χ3n) is 2.75. The minimum Gasteiger partial charge on any atom is -0.472 e. The Labute approximate surface area is 107 Å². The zero-order chi connectivity index (χ0) is 13.3. The summed E-state index contributed by atoms with van der Waals surface area (Å²) in [6.07, 6.45) is -0.117. The number of hydrogen-bond acceptors (Lipinski definition) is 4. The van der Waals surface area contributed by atoms with Crippen molar-refractivity contribution >= 4 is 10.2 Å². The summed E-state index contributed by atoms with van der Waals surface area (Å²) in [5.41, 5.74) is 0.879. The first-order valence-corrected chi connectivity index (χ1v) is 7.07. The zero-order valence-electron chi connectivity index (χ0n) is 10.7. The van der Waals surface area contributed by atoms with Gasteiger partial charge in [-0.1, -0.05) is 6.07 Å². The summed E-state index contributed by atoms with van der Waals surface area (Å²) in [5, 5.41) is 0. The van der Waals surface area contributed by atoms with Crippen LogP contribution >= 0.6 is 0 Å². The predicted molar refractivity (Wildman–Crippen MR) is 67.6 cm³/mol. The van der Waals surface area contributed by atoms with Gasteiger partial charge in [0, 0.05) is 25.9 Å². The lowest BCUT2D eigenvalue weighted by Gasteiger charge is -2.38. The van der Waals surface area contributed by atoms with E-state index in [2.05, 4.69) is 4.98 Å². The molecule has 0 bridgehead atoms.